The number of carbonyl (C=O) groups excluding carboxylic acids is 1. The number of benzene rings is 1. The largest absolute Gasteiger partial charge is 0.296 e. The molecule has 0 N–H and O–H groups in total. The summed E-state index contributed by atoms with van der Waals surface area (Å²) in [6.07, 6.45) is 1.42. The zero-order valence-electron chi connectivity index (χ0n) is 9.92. The van der Waals surface area contributed by atoms with E-state index in [1.165, 1.54) is 23.1 Å². The number of nitro groups is 1. The fraction of sp³-hybridized carbons (Fsp3) is 0.0909. The minimum atomic E-state index is -0.610. The van der Waals surface area contributed by atoms with Crippen molar-refractivity contribution in [2.45, 2.75) is 0 Å². The molecule has 20 heavy (non-hydrogen) atoms. The van der Waals surface area contributed by atoms with Gasteiger partial charge in [-0.05, 0) is 12.1 Å². The van der Waals surface area contributed by atoms with E-state index in [0.29, 0.717) is 9.23 Å². The van der Waals surface area contributed by atoms with Crippen molar-refractivity contribution >= 4 is 69.2 Å². The average molecular weight is 349 g/mol. The van der Waals surface area contributed by atoms with Gasteiger partial charge in [0.1, 0.15) is 9.34 Å². The van der Waals surface area contributed by atoms with Crippen molar-refractivity contribution in [2.75, 3.05) is 7.05 Å². The predicted molar refractivity (Wildman–Crippen MR) is 84.1 cm³/mol. The molecule has 0 bridgehead atoms. The first-order chi connectivity index (χ1) is 9.32. The first-order valence-electron chi connectivity index (χ1n) is 5.17. The maximum absolute atomic E-state index is 11.9. The van der Waals surface area contributed by atoms with Gasteiger partial charge in [0, 0.05) is 23.7 Å². The first kappa shape index (κ1) is 15.2. The summed E-state index contributed by atoms with van der Waals surface area (Å²) in [4.78, 5) is 23.8. The van der Waals surface area contributed by atoms with Crippen molar-refractivity contribution < 1.29 is 9.72 Å². The Hall–Kier alpha value is -1.15. The maximum atomic E-state index is 11.9. The Labute approximate surface area is 133 Å². The van der Waals surface area contributed by atoms with Crippen LogP contribution >= 0.6 is 47.2 Å². The summed E-state index contributed by atoms with van der Waals surface area (Å²) in [5, 5.41) is 11.0. The van der Waals surface area contributed by atoms with Crippen LogP contribution in [0.5, 0.6) is 0 Å². The van der Waals surface area contributed by atoms with Crippen molar-refractivity contribution in [3.8, 4) is 0 Å². The number of thioether (sulfide) groups is 1. The average Bonchev–Trinajstić information content (AvgIpc) is 2.61. The highest BCUT2D eigenvalue weighted by atomic mass is 35.5. The lowest BCUT2D eigenvalue weighted by Crippen LogP contribution is -2.22. The molecule has 0 atom stereocenters. The molecule has 0 spiro atoms. The van der Waals surface area contributed by atoms with Gasteiger partial charge in [-0.1, -0.05) is 47.2 Å². The number of thiocarbonyl (C=S) groups is 1. The quantitative estimate of drug-likeness (QED) is 0.352. The monoisotopic (exact) mass is 348 g/mol. The normalized spacial score (nSPS) is 17.1. The molecule has 104 valence electrons. The van der Waals surface area contributed by atoms with Gasteiger partial charge in [0.25, 0.3) is 11.6 Å². The highest BCUT2D eigenvalue weighted by Crippen LogP contribution is 2.38. The van der Waals surface area contributed by atoms with E-state index in [1.807, 2.05) is 0 Å². The van der Waals surface area contributed by atoms with Gasteiger partial charge in [-0.15, -0.1) is 0 Å². The van der Waals surface area contributed by atoms with Gasteiger partial charge in [-0.25, -0.2) is 0 Å². The van der Waals surface area contributed by atoms with Crippen LogP contribution in [0.1, 0.15) is 5.56 Å². The van der Waals surface area contributed by atoms with E-state index in [9.17, 15) is 14.9 Å². The third kappa shape index (κ3) is 2.67. The molecule has 1 fully saturated rings. The van der Waals surface area contributed by atoms with Crippen LogP contribution in [0.15, 0.2) is 17.0 Å². The smallest absolute Gasteiger partial charge is 0.288 e. The molecule has 9 heteroatoms. The van der Waals surface area contributed by atoms with E-state index < -0.39 is 4.92 Å². The molecule has 0 unspecified atom stereocenters. The van der Waals surface area contributed by atoms with Crippen molar-refractivity contribution in [2.24, 2.45) is 0 Å². The van der Waals surface area contributed by atoms with E-state index in [0.717, 1.165) is 11.8 Å². The standard InChI is InChI=1S/C11H6Cl2N2O3S2/c1-14-10(16)8(20-11(14)19)4-5-6(12)2-3-7(9(5)13)15(17)18/h2-4H,1H3/b8-4+. The predicted octanol–water partition coefficient (Wildman–Crippen LogP) is 3.73. The van der Waals surface area contributed by atoms with Crippen LogP contribution < -0.4 is 0 Å². The van der Waals surface area contributed by atoms with Gasteiger partial charge in [-0.2, -0.15) is 0 Å². The Morgan fingerprint density at radius 2 is 2.10 bits per heavy atom. The number of hydrogen-bond donors (Lipinski definition) is 0. The zero-order valence-corrected chi connectivity index (χ0v) is 13.1. The lowest BCUT2D eigenvalue weighted by atomic mass is 10.1. The Bertz CT molecular complexity index is 676. The highest BCUT2D eigenvalue weighted by molar-refractivity contribution is 8.26. The summed E-state index contributed by atoms with van der Waals surface area (Å²) in [5.41, 5.74) is -0.0363. The fourth-order valence-corrected chi connectivity index (χ4v) is 3.22. The molecule has 1 aliphatic rings. The van der Waals surface area contributed by atoms with Crippen LogP contribution in [0.3, 0.4) is 0 Å². The van der Waals surface area contributed by atoms with Crippen molar-refractivity contribution in [3.05, 3.63) is 42.8 Å². The zero-order chi connectivity index (χ0) is 15.0. The summed E-state index contributed by atoms with van der Waals surface area (Å²) in [7, 11) is 1.55. The van der Waals surface area contributed by atoms with Crippen LogP contribution in [0, 0.1) is 10.1 Å². The Morgan fingerprint density at radius 3 is 2.60 bits per heavy atom. The van der Waals surface area contributed by atoms with Gasteiger partial charge >= 0.3 is 0 Å². The molecular weight excluding hydrogens is 343 g/mol. The molecule has 1 saturated heterocycles. The number of amides is 1. The van der Waals surface area contributed by atoms with E-state index in [2.05, 4.69) is 0 Å². The minimum Gasteiger partial charge on any atom is -0.296 e. The van der Waals surface area contributed by atoms with Crippen LogP contribution in [0.25, 0.3) is 6.08 Å². The van der Waals surface area contributed by atoms with E-state index in [-0.39, 0.29) is 27.2 Å². The molecule has 5 nitrogen and oxygen atoms in total. The number of nitrogens with zero attached hydrogens (tertiary/aromatic N) is 2. The second-order valence-electron chi connectivity index (χ2n) is 3.79. The Balaban J connectivity index is 2.54. The fourth-order valence-electron chi connectivity index (χ4n) is 1.51. The minimum absolute atomic E-state index is 0.108. The number of carbonyl (C=O) groups is 1. The van der Waals surface area contributed by atoms with E-state index in [4.69, 9.17) is 35.4 Å². The molecule has 1 aromatic carbocycles. The lowest BCUT2D eigenvalue weighted by molar-refractivity contribution is -0.384. The second-order valence-corrected chi connectivity index (χ2v) is 6.25. The van der Waals surface area contributed by atoms with Crippen molar-refractivity contribution in [1.82, 2.24) is 4.90 Å². The first-order valence-corrected chi connectivity index (χ1v) is 7.15. The van der Waals surface area contributed by atoms with E-state index >= 15 is 0 Å². The third-order valence-electron chi connectivity index (χ3n) is 2.56. The van der Waals surface area contributed by atoms with Crippen LogP contribution in [-0.2, 0) is 4.79 Å². The number of rotatable bonds is 2. The summed E-state index contributed by atoms with van der Waals surface area (Å²) in [6, 6.07) is 2.58. The van der Waals surface area contributed by atoms with E-state index in [1.54, 1.807) is 7.05 Å². The van der Waals surface area contributed by atoms with Crippen LogP contribution in [-0.4, -0.2) is 27.1 Å². The second kappa shape index (κ2) is 5.69. The summed E-state index contributed by atoms with van der Waals surface area (Å²) in [5.74, 6) is -0.293. The molecule has 0 aromatic heterocycles. The maximum Gasteiger partial charge on any atom is 0.288 e. The molecule has 0 saturated carbocycles. The SMILES string of the molecule is CN1C(=O)/C(=C\c2c(Cl)ccc([N+](=O)[O-])c2Cl)SC1=S. The Kier molecular flexibility index (Phi) is 4.33. The van der Waals surface area contributed by atoms with Crippen LogP contribution in [0.2, 0.25) is 10.0 Å². The van der Waals surface area contributed by atoms with Crippen LogP contribution in [0.4, 0.5) is 5.69 Å². The molecule has 1 aliphatic heterocycles. The summed E-state index contributed by atoms with van der Waals surface area (Å²) in [6.45, 7) is 0. The van der Waals surface area contributed by atoms with Crippen molar-refractivity contribution in [3.63, 3.8) is 0 Å². The summed E-state index contributed by atoms with van der Waals surface area (Å²) < 4.78 is 0.402. The molecule has 0 radical (unpaired) electrons. The van der Waals surface area contributed by atoms with Gasteiger partial charge in [0.05, 0.1) is 9.83 Å². The van der Waals surface area contributed by atoms with Gasteiger partial charge < -0.3 is 0 Å². The molecule has 1 amide bonds. The third-order valence-corrected chi connectivity index (χ3v) is 4.78. The molecule has 0 aliphatic carbocycles. The molecule has 1 heterocycles. The summed E-state index contributed by atoms with van der Waals surface area (Å²) >= 11 is 18.0. The molecular formula is C11H6Cl2N2O3S2. The number of nitro benzene ring substituents is 1. The Morgan fingerprint density at radius 1 is 1.45 bits per heavy atom. The highest BCUT2D eigenvalue weighted by Gasteiger charge is 2.29. The lowest BCUT2D eigenvalue weighted by Gasteiger charge is -2.05. The number of halogens is 2. The van der Waals surface area contributed by atoms with Gasteiger partial charge in [-0.3, -0.25) is 19.8 Å². The molecule has 2 rings (SSSR count). The topological polar surface area (TPSA) is 63.5 Å². The molecule has 1 aromatic rings. The number of hydrogen-bond acceptors (Lipinski definition) is 5. The van der Waals surface area contributed by atoms with Gasteiger partial charge in [0.2, 0.25) is 0 Å². The van der Waals surface area contributed by atoms with Crippen molar-refractivity contribution in [1.29, 1.82) is 0 Å². The van der Waals surface area contributed by atoms with Gasteiger partial charge in [0.15, 0.2) is 0 Å². The number of likely N-dealkylation sites (N-methyl/N-ethyl adjacent to an activating group) is 1.